The fourth-order valence-electron chi connectivity index (χ4n) is 0.613. The summed E-state index contributed by atoms with van der Waals surface area (Å²) in [5.41, 5.74) is 0. The van der Waals surface area contributed by atoms with Crippen LogP contribution in [-0.2, 0) is 9.47 Å². The molecule has 0 aliphatic carbocycles. The summed E-state index contributed by atoms with van der Waals surface area (Å²) in [5, 5.41) is 0.0671. The van der Waals surface area contributed by atoms with Crippen LogP contribution in [0.25, 0.3) is 0 Å². The largest absolute Gasteiger partial charge is 0.353 e. The van der Waals surface area contributed by atoms with Gasteiger partial charge < -0.3 is 9.47 Å². The molecule has 1 fully saturated rings. The average molecular weight is 137 g/mol. The number of alkyl halides is 1. The van der Waals surface area contributed by atoms with E-state index in [1.807, 2.05) is 6.92 Å². The molecule has 3 heteroatoms. The van der Waals surface area contributed by atoms with Gasteiger partial charge in [0.1, 0.15) is 6.79 Å². The summed E-state index contributed by atoms with van der Waals surface area (Å²) in [6.07, 6.45) is 0.108. The van der Waals surface area contributed by atoms with E-state index in [-0.39, 0.29) is 11.5 Å². The first-order chi connectivity index (χ1) is 3.80. The third-order valence-electron chi connectivity index (χ3n) is 1.16. The molecule has 0 aromatic rings. The first kappa shape index (κ1) is 6.33. The van der Waals surface area contributed by atoms with Crippen LogP contribution in [0.15, 0.2) is 0 Å². The van der Waals surface area contributed by atoms with Crippen LogP contribution in [0, 0.1) is 0 Å². The van der Waals surface area contributed by atoms with E-state index in [0.717, 1.165) is 0 Å². The lowest BCUT2D eigenvalue weighted by Crippen LogP contribution is -2.19. The SMILES string of the molecule is CC(Cl)C1COCO1. The Kier molecular flexibility index (Phi) is 2.11. The van der Waals surface area contributed by atoms with Crippen LogP contribution >= 0.6 is 11.6 Å². The molecule has 8 heavy (non-hydrogen) atoms. The summed E-state index contributed by atoms with van der Waals surface area (Å²) < 4.78 is 9.97. The van der Waals surface area contributed by atoms with E-state index < -0.39 is 0 Å². The molecule has 1 aliphatic rings. The third-order valence-corrected chi connectivity index (χ3v) is 1.44. The molecule has 0 aromatic heterocycles. The van der Waals surface area contributed by atoms with Gasteiger partial charge >= 0.3 is 0 Å². The van der Waals surface area contributed by atoms with Crippen LogP contribution in [-0.4, -0.2) is 24.9 Å². The van der Waals surface area contributed by atoms with E-state index in [2.05, 4.69) is 0 Å². The smallest absolute Gasteiger partial charge is 0.147 e. The molecule has 1 rings (SSSR count). The molecule has 0 saturated carbocycles. The van der Waals surface area contributed by atoms with Crippen LogP contribution in [0.5, 0.6) is 0 Å². The molecule has 0 N–H and O–H groups in total. The van der Waals surface area contributed by atoms with Crippen LogP contribution in [0.3, 0.4) is 0 Å². The zero-order valence-corrected chi connectivity index (χ0v) is 5.52. The molecule has 48 valence electrons. The fourth-order valence-corrected chi connectivity index (χ4v) is 0.759. The number of rotatable bonds is 1. The van der Waals surface area contributed by atoms with Gasteiger partial charge in [-0.15, -0.1) is 11.6 Å². The Morgan fingerprint density at radius 2 is 2.50 bits per heavy atom. The molecular weight excluding hydrogens is 128 g/mol. The Hall–Kier alpha value is 0.210. The molecular formula is C5H9ClO2. The van der Waals surface area contributed by atoms with Gasteiger partial charge in [-0.1, -0.05) is 0 Å². The van der Waals surface area contributed by atoms with Gasteiger partial charge in [-0.25, -0.2) is 0 Å². The molecule has 0 aromatic carbocycles. The quantitative estimate of drug-likeness (QED) is 0.501. The Morgan fingerprint density at radius 3 is 2.75 bits per heavy atom. The van der Waals surface area contributed by atoms with Crippen molar-refractivity contribution < 1.29 is 9.47 Å². The molecule has 0 amide bonds. The lowest BCUT2D eigenvalue weighted by atomic mass is 10.3. The molecule has 0 bridgehead atoms. The summed E-state index contributed by atoms with van der Waals surface area (Å²) >= 11 is 5.68. The normalized spacial score (nSPS) is 33.0. The van der Waals surface area contributed by atoms with Crippen molar-refractivity contribution in [2.45, 2.75) is 18.4 Å². The second-order valence-electron chi connectivity index (χ2n) is 1.87. The highest BCUT2D eigenvalue weighted by atomic mass is 35.5. The minimum atomic E-state index is 0.0671. The Balaban J connectivity index is 2.24. The van der Waals surface area contributed by atoms with Gasteiger partial charge in [0.05, 0.1) is 18.1 Å². The van der Waals surface area contributed by atoms with Gasteiger partial charge in [-0.3, -0.25) is 0 Å². The maximum Gasteiger partial charge on any atom is 0.147 e. The average Bonchev–Trinajstić information content (AvgIpc) is 2.12. The first-order valence-corrected chi connectivity index (χ1v) is 3.08. The van der Waals surface area contributed by atoms with Crippen molar-refractivity contribution in [3.05, 3.63) is 0 Å². The van der Waals surface area contributed by atoms with Crippen molar-refractivity contribution in [2.75, 3.05) is 13.4 Å². The Bertz CT molecular complexity index is 68.8. The molecule has 0 radical (unpaired) electrons. The predicted octanol–water partition coefficient (Wildman–Crippen LogP) is 0.987. The van der Waals surface area contributed by atoms with Crippen LogP contribution < -0.4 is 0 Å². The van der Waals surface area contributed by atoms with E-state index in [1.54, 1.807) is 0 Å². The van der Waals surface area contributed by atoms with Crippen LogP contribution in [0.1, 0.15) is 6.92 Å². The standard InChI is InChI=1S/C5H9ClO2/c1-4(6)5-2-7-3-8-5/h4-5H,2-3H2,1H3. The fraction of sp³-hybridized carbons (Fsp3) is 1.00. The van der Waals surface area contributed by atoms with Gasteiger partial charge in [0.15, 0.2) is 0 Å². The van der Waals surface area contributed by atoms with Crippen LogP contribution in [0.2, 0.25) is 0 Å². The zero-order chi connectivity index (χ0) is 5.98. The van der Waals surface area contributed by atoms with Gasteiger partial charge in [0, 0.05) is 0 Å². The molecule has 1 aliphatic heterocycles. The number of halogens is 1. The topological polar surface area (TPSA) is 18.5 Å². The summed E-state index contributed by atoms with van der Waals surface area (Å²) in [7, 11) is 0. The van der Waals surface area contributed by atoms with Crippen molar-refractivity contribution in [3.8, 4) is 0 Å². The minimum absolute atomic E-state index is 0.0671. The van der Waals surface area contributed by atoms with Gasteiger partial charge in [0.2, 0.25) is 0 Å². The molecule has 1 saturated heterocycles. The molecule has 2 nitrogen and oxygen atoms in total. The number of ether oxygens (including phenoxy) is 2. The first-order valence-electron chi connectivity index (χ1n) is 2.64. The maximum atomic E-state index is 5.68. The molecule has 0 spiro atoms. The van der Waals surface area contributed by atoms with E-state index in [1.165, 1.54) is 0 Å². The summed E-state index contributed by atoms with van der Waals surface area (Å²) in [6, 6.07) is 0. The number of hydrogen-bond acceptors (Lipinski definition) is 2. The lowest BCUT2D eigenvalue weighted by molar-refractivity contribution is 0.0469. The van der Waals surface area contributed by atoms with E-state index >= 15 is 0 Å². The highest BCUT2D eigenvalue weighted by molar-refractivity contribution is 6.20. The van der Waals surface area contributed by atoms with E-state index in [4.69, 9.17) is 21.1 Å². The lowest BCUT2D eigenvalue weighted by Gasteiger charge is -2.07. The second kappa shape index (κ2) is 2.67. The monoisotopic (exact) mass is 136 g/mol. The minimum Gasteiger partial charge on any atom is -0.353 e. The number of hydrogen-bond donors (Lipinski definition) is 0. The van der Waals surface area contributed by atoms with E-state index in [9.17, 15) is 0 Å². The third kappa shape index (κ3) is 1.34. The van der Waals surface area contributed by atoms with Crippen molar-refractivity contribution in [3.63, 3.8) is 0 Å². The molecule has 2 unspecified atom stereocenters. The zero-order valence-electron chi connectivity index (χ0n) is 4.76. The highest BCUT2D eigenvalue weighted by Gasteiger charge is 2.20. The predicted molar refractivity (Wildman–Crippen MR) is 31.0 cm³/mol. The highest BCUT2D eigenvalue weighted by Crippen LogP contribution is 2.11. The van der Waals surface area contributed by atoms with Crippen molar-refractivity contribution >= 4 is 11.6 Å². The summed E-state index contributed by atoms with van der Waals surface area (Å²) in [4.78, 5) is 0. The van der Waals surface area contributed by atoms with Crippen molar-refractivity contribution in [1.29, 1.82) is 0 Å². The summed E-state index contributed by atoms with van der Waals surface area (Å²) in [5.74, 6) is 0. The van der Waals surface area contributed by atoms with Crippen molar-refractivity contribution in [1.82, 2.24) is 0 Å². The van der Waals surface area contributed by atoms with Crippen molar-refractivity contribution in [2.24, 2.45) is 0 Å². The Labute approximate surface area is 53.7 Å². The second-order valence-corrected chi connectivity index (χ2v) is 2.56. The van der Waals surface area contributed by atoms with Gasteiger partial charge in [-0.05, 0) is 6.92 Å². The molecule has 2 atom stereocenters. The summed E-state index contributed by atoms with van der Waals surface area (Å²) in [6.45, 7) is 2.95. The van der Waals surface area contributed by atoms with Gasteiger partial charge in [-0.2, -0.15) is 0 Å². The Morgan fingerprint density at radius 1 is 1.75 bits per heavy atom. The maximum absolute atomic E-state index is 5.68. The van der Waals surface area contributed by atoms with Gasteiger partial charge in [0.25, 0.3) is 0 Å². The van der Waals surface area contributed by atoms with E-state index in [0.29, 0.717) is 13.4 Å². The molecule has 1 heterocycles. The van der Waals surface area contributed by atoms with Crippen LogP contribution in [0.4, 0.5) is 0 Å².